The third-order valence-corrected chi connectivity index (χ3v) is 5.62. The molecule has 0 radical (unpaired) electrons. The van der Waals surface area contributed by atoms with E-state index in [-0.39, 0.29) is 16.6 Å². The van der Waals surface area contributed by atoms with Gasteiger partial charge in [-0.05, 0) is 37.0 Å². The molecule has 0 aliphatic rings. The number of rotatable bonds is 13. The van der Waals surface area contributed by atoms with Crippen molar-refractivity contribution in [3.63, 3.8) is 0 Å². The standard InChI is InChI=1S/C16H36N.C7H5N3O3/c1-5-9-13-17(14-10-6-2,15-11-7-3)16-12-8-4;11-7(12)4-2-1-3-5-6(4)8-9-10(5)13/h5-16H2,1-4H3;1-3,13H,(H,11,12)/q+1;/p-1. The molecule has 7 heteroatoms. The van der Waals surface area contributed by atoms with Crippen LogP contribution in [0.4, 0.5) is 0 Å². The van der Waals surface area contributed by atoms with Gasteiger partial charge in [-0.1, -0.05) is 70.4 Å². The van der Waals surface area contributed by atoms with Crippen LogP contribution in [0.15, 0.2) is 18.2 Å². The monoisotopic (exact) mass is 420 g/mol. The van der Waals surface area contributed by atoms with Gasteiger partial charge < -0.3 is 19.6 Å². The number of hydrogen-bond acceptors (Lipinski definition) is 5. The third kappa shape index (κ3) is 7.94. The Hall–Kier alpha value is -2.15. The highest BCUT2D eigenvalue weighted by Crippen LogP contribution is 2.16. The molecule has 0 aliphatic carbocycles. The first-order chi connectivity index (χ1) is 14.4. The van der Waals surface area contributed by atoms with E-state index in [1.807, 2.05) is 0 Å². The Labute approximate surface area is 181 Å². The number of quaternary nitrogens is 1. The predicted molar refractivity (Wildman–Crippen MR) is 118 cm³/mol. The second-order valence-electron chi connectivity index (χ2n) is 8.09. The SMILES string of the molecule is CCCC[N+](CCCC)(CCCC)CCCC.O=C([O-])c1cccc2c1nnn2O. The van der Waals surface area contributed by atoms with Crippen LogP contribution in [-0.4, -0.2) is 57.0 Å². The molecule has 0 atom stereocenters. The number of hydrogen-bond donors (Lipinski definition) is 1. The molecule has 0 saturated carbocycles. The molecule has 170 valence electrons. The van der Waals surface area contributed by atoms with Crippen molar-refractivity contribution in [3.8, 4) is 0 Å². The minimum Gasteiger partial charge on any atom is -0.545 e. The summed E-state index contributed by atoms with van der Waals surface area (Å²) in [7, 11) is 0. The Bertz CT molecular complexity index is 708. The van der Waals surface area contributed by atoms with Gasteiger partial charge in [-0.25, -0.2) is 0 Å². The molecule has 30 heavy (non-hydrogen) atoms. The lowest BCUT2D eigenvalue weighted by molar-refractivity contribution is -0.929. The highest BCUT2D eigenvalue weighted by Gasteiger charge is 2.24. The molecule has 0 unspecified atom stereocenters. The lowest BCUT2D eigenvalue weighted by Gasteiger charge is -2.39. The summed E-state index contributed by atoms with van der Waals surface area (Å²) in [5, 5.41) is 26.4. The van der Waals surface area contributed by atoms with E-state index in [1.165, 1.54) is 100 Å². The minimum absolute atomic E-state index is 0.0854. The van der Waals surface area contributed by atoms with Crippen LogP contribution in [0.25, 0.3) is 11.0 Å². The maximum Gasteiger partial charge on any atom is 0.131 e. The van der Waals surface area contributed by atoms with Crippen molar-refractivity contribution in [2.75, 3.05) is 26.2 Å². The van der Waals surface area contributed by atoms with Crippen molar-refractivity contribution in [2.24, 2.45) is 0 Å². The van der Waals surface area contributed by atoms with Crippen molar-refractivity contribution in [2.45, 2.75) is 79.1 Å². The zero-order chi connectivity index (χ0) is 22.4. The zero-order valence-corrected chi connectivity index (χ0v) is 19.3. The van der Waals surface area contributed by atoms with Crippen LogP contribution >= 0.6 is 0 Å². The summed E-state index contributed by atoms with van der Waals surface area (Å²) in [6.07, 6.45) is 11.1. The molecule has 1 aromatic carbocycles. The molecule has 0 bridgehead atoms. The average molecular weight is 421 g/mol. The van der Waals surface area contributed by atoms with Gasteiger partial charge in [0.15, 0.2) is 0 Å². The van der Waals surface area contributed by atoms with Crippen molar-refractivity contribution in [3.05, 3.63) is 23.8 Å². The van der Waals surface area contributed by atoms with E-state index >= 15 is 0 Å². The first kappa shape index (κ1) is 25.9. The molecule has 0 amide bonds. The normalized spacial score (nSPS) is 11.3. The molecule has 0 fully saturated rings. The first-order valence-electron chi connectivity index (χ1n) is 11.5. The molecule has 7 nitrogen and oxygen atoms in total. The molecule has 1 heterocycles. The van der Waals surface area contributed by atoms with Crippen LogP contribution in [-0.2, 0) is 0 Å². The van der Waals surface area contributed by atoms with Crippen LogP contribution in [0.2, 0.25) is 0 Å². The minimum atomic E-state index is -1.34. The lowest BCUT2D eigenvalue weighted by Crippen LogP contribution is -2.50. The zero-order valence-electron chi connectivity index (χ0n) is 19.3. The number of nitrogens with zero attached hydrogens (tertiary/aromatic N) is 4. The van der Waals surface area contributed by atoms with E-state index in [1.54, 1.807) is 0 Å². The molecular formula is C23H40N4O3. The number of carbonyl (C=O) groups excluding carboxylic acids is 1. The van der Waals surface area contributed by atoms with E-state index < -0.39 is 5.97 Å². The van der Waals surface area contributed by atoms with Gasteiger partial charge in [-0.3, -0.25) is 0 Å². The van der Waals surface area contributed by atoms with E-state index in [0.717, 1.165) is 0 Å². The molecule has 0 spiro atoms. The summed E-state index contributed by atoms with van der Waals surface area (Å²) in [5.41, 5.74) is 0.268. The van der Waals surface area contributed by atoms with Crippen molar-refractivity contribution in [1.29, 1.82) is 0 Å². The van der Waals surface area contributed by atoms with Gasteiger partial charge in [0.05, 0.1) is 32.1 Å². The summed E-state index contributed by atoms with van der Waals surface area (Å²) in [6.45, 7) is 15.0. The van der Waals surface area contributed by atoms with Gasteiger partial charge in [-0.2, -0.15) is 0 Å². The number of benzene rings is 1. The molecule has 0 aliphatic heterocycles. The summed E-state index contributed by atoms with van der Waals surface area (Å²) in [5.74, 6) is -1.34. The van der Waals surface area contributed by atoms with Gasteiger partial charge in [0.25, 0.3) is 0 Å². The second-order valence-corrected chi connectivity index (χ2v) is 8.09. The Balaban J connectivity index is 0.000000308. The Morgan fingerprint density at radius 3 is 1.80 bits per heavy atom. The van der Waals surface area contributed by atoms with Gasteiger partial charge in [0, 0.05) is 5.56 Å². The van der Waals surface area contributed by atoms with Gasteiger partial charge in [0.2, 0.25) is 0 Å². The number of aromatic carboxylic acids is 1. The highest BCUT2D eigenvalue weighted by molar-refractivity contribution is 5.99. The number of carboxylic acids is 1. The van der Waals surface area contributed by atoms with Crippen molar-refractivity contribution < 1.29 is 19.6 Å². The third-order valence-electron chi connectivity index (χ3n) is 5.62. The van der Waals surface area contributed by atoms with Crippen LogP contribution < -0.4 is 5.11 Å². The quantitative estimate of drug-likeness (QED) is 0.390. The summed E-state index contributed by atoms with van der Waals surface area (Å²) in [4.78, 5) is 11.1. The number of carboxylic acid groups (broad SMARTS) is 1. The number of unbranched alkanes of at least 4 members (excludes halogenated alkanes) is 4. The Morgan fingerprint density at radius 1 is 0.933 bits per heavy atom. The molecular weight excluding hydrogens is 380 g/mol. The van der Waals surface area contributed by atoms with E-state index in [2.05, 4.69) is 38.0 Å². The van der Waals surface area contributed by atoms with Gasteiger partial charge in [0.1, 0.15) is 11.0 Å². The van der Waals surface area contributed by atoms with Crippen LogP contribution in [0.5, 0.6) is 0 Å². The number of fused-ring (bicyclic) bond motifs is 1. The fraction of sp³-hybridized carbons (Fsp3) is 0.696. The van der Waals surface area contributed by atoms with Gasteiger partial charge in [-0.15, -0.1) is 5.10 Å². The smallest absolute Gasteiger partial charge is 0.131 e. The first-order valence-corrected chi connectivity index (χ1v) is 11.5. The largest absolute Gasteiger partial charge is 0.545 e. The summed E-state index contributed by atoms with van der Waals surface area (Å²) < 4.78 is 1.42. The maximum atomic E-state index is 10.6. The Kier molecular flexibility index (Phi) is 12.0. The topological polar surface area (TPSA) is 91.1 Å². The second kappa shape index (κ2) is 14.0. The fourth-order valence-corrected chi connectivity index (χ4v) is 3.74. The summed E-state index contributed by atoms with van der Waals surface area (Å²) in [6, 6.07) is 4.32. The number of aromatic nitrogens is 3. The van der Waals surface area contributed by atoms with Crippen molar-refractivity contribution in [1.82, 2.24) is 15.2 Å². The van der Waals surface area contributed by atoms with Gasteiger partial charge >= 0.3 is 0 Å². The van der Waals surface area contributed by atoms with Crippen molar-refractivity contribution >= 4 is 17.0 Å². The van der Waals surface area contributed by atoms with Crippen LogP contribution in [0, 0.1) is 0 Å². The molecule has 2 rings (SSSR count). The van der Waals surface area contributed by atoms with E-state index in [9.17, 15) is 9.90 Å². The average Bonchev–Trinajstić information content (AvgIpc) is 3.14. The number of carbonyl (C=O) groups is 1. The lowest BCUT2D eigenvalue weighted by atomic mass is 10.1. The fourth-order valence-electron chi connectivity index (χ4n) is 3.74. The Morgan fingerprint density at radius 2 is 1.40 bits per heavy atom. The molecule has 1 N–H and O–H groups in total. The van der Waals surface area contributed by atoms with Crippen LogP contribution in [0.3, 0.4) is 0 Å². The molecule has 1 aromatic heterocycles. The van der Waals surface area contributed by atoms with E-state index in [4.69, 9.17) is 5.21 Å². The predicted octanol–water partition coefficient (Wildman–Crippen LogP) is 4.04. The molecule has 2 aromatic rings. The molecule has 0 saturated heterocycles. The van der Waals surface area contributed by atoms with E-state index in [0.29, 0.717) is 4.85 Å². The summed E-state index contributed by atoms with van der Waals surface area (Å²) >= 11 is 0. The van der Waals surface area contributed by atoms with Crippen LogP contribution in [0.1, 0.15) is 89.4 Å². The highest BCUT2D eigenvalue weighted by atomic mass is 16.5. The maximum absolute atomic E-state index is 10.6.